The standard InChI is InChI=1S/C22H26FN5O5S/c1-28(2)34(29,30)13-14-6-8-15(9-7-14)25-21-17(23)12-24-22(27-21)26-16-10-18(31-3)20(33-5)19(11-16)32-4/h6-12H,13H2,1-5H3,(H2,24,25,26,27). The van der Waals surface area contributed by atoms with Gasteiger partial charge in [-0.15, -0.1) is 0 Å². The van der Waals surface area contributed by atoms with Crippen LogP contribution in [0.5, 0.6) is 17.2 Å². The summed E-state index contributed by atoms with van der Waals surface area (Å²) in [5.74, 6) is 0.577. The van der Waals surface area contributed by atoms with E-state index in [0.29, 0.717) is 34.2 Å². The summed E-state index contributed by atoms with van der Waals surface area (Å²) in [6.07, 6.45) is 1.04. The minimum absolute atomic E-state index is 0.0568. The Bertz CT molecular complexity index is 1230. The first-order valence-corrected chi connectivity index (χ1v) is 11.6. The highest BCUT2D eigenvalue weighted by Crippen LogP contribution is 2.40. The predicted octanol–water partition coefficient (Wildman–Crippen LogP) is 3.52. The van der Waals surface area contributed by atoms with Gasteiger partial charge in [-0.2, -0.15) is 4.98 Å². The Labute approximate surface area is 197 Å². The molecule has 0 unspecified atom stereocenters. The van der Waals surface area contributed by atoms with Gasteiger partial charge in [0.2, 0.25) is 21.7 Å². The molecule has 2 aromatic carbocycles. The molecule has 0 radical (unpaired) electrons. The first-order chi connectivity index (χ1) is 16.2. The maximum Gasteiger partial charge on any atom is 0.229 e. The fourth-order valence-electron chi connectivity index (χ4n) is 2.96. The normalized spacial score (nSPS) is 11.3. The second kappa shape index (κ2) is 10.5. The number of anilines is 4. The lowest BCUT2D eigenvalue weighted by Gasteiger charge is -2.15. The van der Waals surface area contributed by atoms with Crippen molar-refractivity contribution >= 4 is 33.2 Å². The van der Waals surface area contributed by atoms with Gasteiger partial charge in [-0.3, -0.25) is 0 Å². The third kappa shape index (κ3) is 5.83. The van der Waals surface area contributed by atoms with Crippen LogP contribution in [0.25, 0.3) is 0 Å². The van der Waals surface area contributed by atoms with E-state index in [1.807, 2.05) is 0 Å². The van der Waals surface area contributed by atoms with Crippen molar-refractivity contribution in [2.24, 2.45) is 0 Å². The fourth-order valence-corrected chi connectivity index (χ4v) is 3.83. The summed E-state index contributed by atoms with van der Waals surface area (Å²) in [7, 11) is 4.08. The van der Waals surface area contributed by atoms with Gasteiger partial charge < -0.3 is 24.8 Å². The summed E-state index contributed by atoms with van der Waals surface area (Å²) in [5, 5.41) is 5.87. The lowest BCUT2D eigenvalue weighted by atomic mass is 10.2. The molecule has 0 aliphatic rings. The molecule has 12 heteroatoms. The van der Waals surface area contributed by atoms with E-state index >= 15 is 0 Å². The molecule has 1 heterocycles. The number of nitrogens with zero attached hydrogens (tertiary/aromatic N) is 3. The van der Waals surface area contributed by atoms with Crippen LogP contribution in [0.2, 0.25) is 0 Å². The lowest BCUT2D eigenvalue weighted by molar-refractivity contribution is 0.324. The van der Waals surface area contributed by atoms with Crippen molar-refractivity contribution in [1.29, 1.82) is 0 Å². The molecular weight excluding hydrogens is 465 g/mol. The summed E-state index contributed by atoms with van der Waals surface area (Å²) < 4.78 is 55.6. The molecule has 3 aromatic rings. The van der Waals surface area contributed by atoms with E-state index in [4.69, 9.17) is 14.2 Å². The van der Waals surface area contributed by atoms with Crippen LogP contribution in [-0.4, -0.2) is 58.1 Å². The van der Waals surface area contributed by atoms with Crippen LogP contribution >= 0.6 is 0 Å². The number of rotatable bonds is 10. The van der Waals surface area contributed by atoms with E-state index in [1.165, 1.54) is 35.4 Å². The van der Waals surface area contributed by atoms with Crippen molar-refractivity contribution < 1.29 is 27.0 Å². The predicted molar refractivity (Wildman–Crippen MR) is 127 cm³/mol. The van der Waals surface area contributed by atoms with E-state index in [-0.39, 0.29) is 17.5 Å². The van der Waals surface area contributed by atoms with Gasteiger partial charge in [-0.25, -0.2) is 22.1 Å². The lowest BCUT2D eigenvalue weighted by Crippen LogP contribution is -2.23. The number of hydrogen-bond acceptors (Lipinski definition) is 9. The number of benzene rings is 2. The van der Waals surface area contributed by atoms with Crippen molar-refractivity contribution in [3.05, 3.63) is 54.0 Å². The molecule has 0 bridgehead atoms. The zero-order valence-corrected chi connectivity index (χ0v) is 20.2. The molecular formula is C22H26FN5O5S. The zero-order chi connectivity index (χ0) is 24.9. The van der Waals surface area contributed by atoms with Crippen LogP contribution in [0.3, 0.4) is 0 Å². The number of aromatic nitrogens is 2. The maximum atomic E-state index is 14.4. The number of nitrogens with one attached hydrogen (secondary N) is 2. The zero-order valence-electron chi connectivity index (χ0n) is 19.4. The Morgan fingerprint density at radius 1 is 0.941 bits per heavy atom. The topological polar surface area (TPSA) is 115 Å². The molecule has 34 heavy (non-hydrogen) atoms. The number of ether oxygens (including phenoxy) is 3. The summed E-state index contributed by atoms with van der Waals surface area (Å²) >= 11 is 0. The highest BCUT2D eigenvalue weighted by Gasteiger charge is 2.16. The molecule has 0 saturated heterocycles. The Kier molecular flexibility index (Phi) is 7.74. The van der Waals surface area contributed by atoms with Gasteiger partial charge in [0.25, 0.3) is 0 Å². The average Bonchev–Trinajstić information content (AvgIpc) is 2.81. The average molecular weight is 492 g/mol. The highest BCUT2D eigenvalue weighted by atomic mass is 32.2. The molecule has 10 nitrogen and oxygen atoms in total. The molecule has 0 aliphatic carbocycles. The first-order valence-electron chi connectivity index (χ1n) is 10.0. The molecule has 1 aromatic heterocycles. The molecule has 0 spiro atoms. The van der Waals surface area contributed by atoms with Crippen molar-refractivity contribution in [3.63, 3.8) is 0 Å². The summed E-state index contributed by atoms with van der Waals surface area (Å²) in [4.78, 5) is 8.18. The fraction of sp³-hybridized carbons (Fsp3) is 0.273. The van der Waals surface area contributed by atoms with Crippen molar-refractivity contribution in [3.8, 4) is 17.2 Å². The monoisotopic (exact) mass is 491 g/mol. The van der Waals surface area contributed by atoms with Crippen molar-refractivity contribution in [1.82, 2.24) is 14.3 Å². The molecule has 0 fully saturated rings. The number of hydrogen-bond donors (Lipinski definition) is 2. The minimum Gasteiger partial charge on any atom is -0.493 e. The molecule has 0 amide bonds. The second-order valence-electron chi connectivity index (χ2n) is 7.29. The van der Waals surface area contributed by atoms with Crippen LogP contribution < -0.4 is 24.8 Å². The van der Waals surface area contributed by atoms with E-state index < -0.39 is 15.8 Å². The molecule has 182 valence electrons. The van der Waals surface area contributed by atoms with Gasteiger partial charge in [-0.05, 0) is 17.7 Å². The summed E-state index contributed by atoms with van der Waals surface area (Å²) in [6, 6.07) is 9.93. The Morgan fingerprint density at radius 2 is 1.56 bits per heavy atom. The quantitative estimate of drug-likeness (QED) is 0.439. The van der Waals surface area contributed by atoms with E-state index in [2.05, 4.69) is 20.6 Å². The second-order valence-corrected chi connectivity index (χ2v) is 9.47. The van der Waals surface area contributed by atoms with Gasteiger partial charge in [0, 0.05) is 37.6 Å². The van der Waals surface area contributed by atoms with Crippen LogP contribution in [-0.2, 0) is 15.8 Å². The molecule has 0 saturated carbocycles. The third-order valence-corrected chi connectivity index (χ3v) is 6.60. The molecule has 3 rings (SSSR count). The van der Waals surface area contributed by atoms with Crippen LogP contribution in [0.4, 0.5) is 27.5 Å². The van der Waals surface area contributed by atoms with E-state index in [0.717, 1.165) is 10.5 Å². The van der Waals surface area contributed by atoms with Crippen molar-refractivity contribution in [2.45, 2.75) is 5.75 Å². The Hall–Kier alpha value is -3.64. The third-order valence-electron chi connectivity index (χ3n) is 4.79. The van der Waals surface area contributed by atoms with E-state index in [1.54, 1.807) is 36.4 Å². The van der Waals surface area contributed by atoms with Crippen molar-refractivity contribution in [2.75, 3.05) is 46.1 Å². The minimum atomic E-state index is -3.38. The molecule has 2 N–H and O–H groups in total. The number of sulfonamides is 1. The van der Waals surface area contributed by atoms with Gasteiger partial charge in [0.05, 0.1) is 33.3 Å². The largest absolute Gasteiger partial charge is 0.493 e. The maximum absolute atomic E-state index is 14.4. The first kappa shape index (κ1) is 25.0. The molecule has 0 atom stereocenters. The SMILES string of the molecule is COc1cc(Nc2ncc(F)c(Nc3ccc(CS(=O)(=O)N(C)C)cc3)n2)cc(OC)c1OC. The van der Waals surface area contributed by atoms with E-state index in [9.17, 15) is 12.8 Å². The van der Waals surface area contributed by atoms with Gasteiger partial charge in [-0.1, -0.05) is 12.1 Å². The van der Waals surface area contributed by atoms with Crippen LogP contribution in [0.1, 0.15) is 5.56 Å². The smallest absolute Gasteiger partial charge is 0.229 e. The van der Waals surface area contributed by atoms with Gasteiger partial charge in [0.1, 0.15) is 0 Å². The summed E-state index contributed by atoms with van der Waals surface area (Å²) in [5.41, 5.74) is 1.67. The van der Waals surface area contributed by atoms with Crippen LogP contribution in [0.15, 0.2) is 42.6 Å². The number of halogens is 1. The Morgan fingerprint density at radius 3 is 2.09 bits per heavy atom. The van der Waals surface area contributed by atoms with Crippen LogP contribution in [0, 0.1) is 5.82 Å². The van der Waals surface area contributed by atoms with Gasteiger partial charge >= 0.3 is 0 Å². The Balaban J connectivity index is 1.80. The van der Waals surface area contributed by atoms with Gasteiger partial charge in [0.15, 0.2) is 23.1 Å². The number of methoxy groups -OCH3 is 3. The summed E-state index contributed by atoms with van der Waals surface area (Å²) in [6.45, 7) is 0. The highest BCUT2D eigenvalue weighted by molar-refractivity contribution is 7.88. The molecule has 0 aliphatic heterocycles.